The first-order chi connectivity index (χ1) is 12.6. The van der Waals surface area contributed by atoms with Crippen LogP contribution in [0.3, 0.4) is 0 Å². The maximum Gasteiger partial charge on any atom is 0.257 e. The molecule has 0 fully saturated rings. The summed E-state index contributed by atoms with van der Waals surface area (Å²) in [6, 6.07) is 17.0. The van der Waals surface area contributed by atoms with Crippen molar-refractivity contribution in [3.8, 4) is 22.9 Å². The Hall–Kier alpha value is -2.84. The minimum absolute atomic E-state index is 0.0126. The highest BCUT2D eigenvalue weighted by Crippen LogP contribution is 2.22. The van der Waals surface area contributed by atoms with Crippen molar-refractivity contribution in [2.24, 2.45) is 0 Å². The Bertz CT molecular complexity index is 731. The number of carbonyl (C=O) groups excluding carboxylic acids is 1. The van der Waals surface area contributed by atoms with Gasteiger partial charge in [-0.05, 0) is 55.7 Å². The normalized spacial score (nSPS) is 10.4. The van der Waals surface area contributed by atoms with Gasteiger partial charge in [-0.3, -0.25) is 4.79 Å². The Morgan fingerprint density at radius 3 is 2.27 bits per heavy atom. The lowest BCUT2D eigenvalue weighted by atomic mass is 10.0. The van der Waals surface area contributed by atoms with E-state index in [4.69, 9.17) is 14.7 Å². The predicted octanol–water partition coefficient (Wildman–Crippen LogP) is 3.54. The van der Waals surface area contributed by atoms with E-state index in [1.54, 1.807) is 12.1 Å². The highest BCUT2D eigenvalue weighted by Gasteiger charge is 2.04. The smallest absolute Gasteiger partial charge is 0.257 e. The van der Waals surface area contributed by atoms with Gasteiger partial charge in [0.05, 0.1) is 17.7 Å². The van der Waals surface area contributed by atoms with Crippen molar-refractivity contribution in [1.82, 2.24) is 5.32 Å². The molecular weight excluding hydrogens is 328 g/mol. The predicted molar refractivity (Wildman–Crippen MR) is 101 cm³/mol. The van der Waals surface area contributed by atoms with Crippen molar-refractivity contribution < 1.29 is 14.3 Å². The van der Waals surface area contributed by atoms with E-state index < -0.39 is 0 Å². The fraction of sp³-hybridized carbons (Fsp3) is 0.333. The van der Waals surface area contributed by atoms with Crippen molar-refractivity contribution in [1.29, 1.82) is 5.26 Å². The van der Waals surface area contributed by atoms with Gasteiger partial charge in [0.1, 0.15) is 5.75 Å². The topological polar surface area (TPSA) is 71.3 Å². The monoisotopic (exact) mass is 352 g/mol. The summed E-state index contributed by atoms with van der Waals surface area (Å²) in [5.74, 6) is 0.492. The maximum atomic E-state index is 11.8. The summed E-state index contributed by atoms with van der Waals surface area (Å²) in [5, 5.41) is 11.6. The highest BCUT2D eigenvalue weighted by molar-refractivity contribution is 5.77. The van der Waals surface area contributed by atoms with Gasteiger partial charge in [-0.15, -0.1) is 0 Å². The number of nitrogens with one attached hydrogen (secondary N) is 1. The van der Waals surface area contributed by atoms with Crippen LogP contribution in [-0.4, -0.2) is 31.8 Å². The van der Waals surface area contributed by atoms with Crippen molar-refractivity contribution in [3.63, 3.8) is 0 Å². The summed E-state index contributed by atoms with van der Waals surface area (Å²) in [6.45, 7) is 5.17. The number of carbonyl (C=O) groups is 1. The molecule has 2 aromatic carbocycles. The number of hydrogen-bond donors (Lipinski definition) is 1. The molecule has 0 aromatic heterocycles. The quantitative estimate of drug-likeness (QED) is 0.701. The molecule has 0 saturated carbocycles. The van der Waals surface area contributed by atoms with Gasteiger partial charge in [-0.1, -0.05) is 24.3 Å². The lowest BCUT2D eigenvalue weighted by Crippen LogP contribution is -2.30. The van der Waals surface area contributed by atoms with Crippen molar-refractivity contribution >= 4 is 5.91 Å². The lowest BCUT2D eigenvalue weighted by molar-refractivity contribution is -0.123. The van der Waals surface area contributed by atoms with E-state index in [2.05, 4.69) is 11.4 Å². The van der Waals surface area contributed by atoms with Crippen LogP contribution in [0.4, 0.5) is 0 Å². The molecule has 5 heteroatoms. The lowest BCUT2D eigenvalue weighted by Gasteiger charge is -2.09. The third kappa shape index (κ3) is 6.58. The first kappa shape index (κ1) is 19.5. The summed E-state index contributed by atoms with van der Waals surface area (Å²) in [7, 11) is 0. The molecule has 0 bridgehead atoms. The van der Waals surface area contributed by atoms with Crippen LogP contribution >= 0.6 is 0 Å². The highest BCUT2D eigenvalue weighted by atomic mass is 16.5. The van der Waals surface area contributed by atoms with Crippen LogP contribution in [0.2, 0.25) is 0 Å². The van der Waals surface area contributed by atoms with Crippen molar-refractivity contribution in [2.45, 2.75) is 26.4 Å². The number of amides is 1. The minimum atomic E-state index is -0.147. The number of nitrogens with zero attached hydrogens (tertiary/aromatic N) is 1. The maximum absolute atomic E-state index is 11.8. The molecule has 1 amide bonds. The van der Waals surface area contributed by atoms with Gasteiger partial charge in [0.2, 0.25) is 0 Å². The zero-order valence-electron chi connectivity index (χ0n) is 15.2. The number of hydrogen-bond acceptors (Lipinski definition) is 4. The Labute approximate surface area is 154 Å². The molecule has 26 heavy (non-hydrogen) atoms. The summed E-state index contributed by atoms with van der Waals surface area (Å²) < 4.78 is 10.9. The molecule has 0 spiro atoms. The van der Waals surface area contributed by atoms with Gasteiger partial charge < -0.3 is 14.8 Å². The Kier molecular flexibility index (Phi) is 7.66. The molecule has 0 unspecified atom stereocenters. The second kappa shape index (κ2) is 10.2. The fourth-order valence-corrected chi connectivity index (χ4v) is 2.30. The Morgan fingerprint density at radius 2 is 1.69 bits per heavy atom. The largest absolute Gasteiger partial charge is 0.484 e. The van der Waals surface area contributed by atoms with Crippen LogP contribution in [0, 0.1) is 11.3 Å². The molecule has 2 rings (SSSR count). The molecule has 0 radical (unpaired) electrons. The standard InChI is InChI=1S/C21H24N2O3/c1-16(2)25-13-3-12-23-21(24)15-26-20-10-8-19(9-11-20)18-6-4-17(14-22)5-7-18/h4-11,16H,3,12-13,15H2,1-2H3,(H,23,24). The molecule has 0 aliphatic heterocycles. The molecular formula is C21H24N2O3. The molecule has 2 aromatic rings. The van der Waals surface area contributed by atoms with Gasteiger partial charge in [0.25, 0.3) is 5.91 Å². The van der Waals surface area contributed by atoms with E-state index in [1.165, 1.54) is 0 Å². The first-order valence-electron chi connectivity index (χ1n) is 8.70. The van der Waals surface area contributed by atoms with Crippen molar-refractivity contribution in [2.75, 3.05) is 19.8 Å². The average molecular weight is 352 g/mol. The summed E-state index contributed by atoms with van der Waals surface area (Å²) in [5.41, 5.74) is 2.68. The SMILES string of the molecule is CC(C)OCCCNC(=O)COc1ccc(-c2ccc(C#N)cc2)cc1. The number of rotatable bonds is 9. The van der Waals surface area contributed by atoms with Crippen molar-refractivity contribution in [3.05, 3.63) is 54.1 Å². The van der Waals surface area contributed by atoms with Gasteiger partial charge in [0.15, 0.2) is 6.61 Å². The Balaban J connectivity index is 1.74. The van der Waals surface area contributed by atoms with Crippen LogP contribution < -0.4 is 10.1 Å². The number of nitriles is 1. The van der Waals surface area contributed by atoms with Crippen LogP contribution in [-0.2, 0) is 9.53 Å². The third-order valence-corrected chi connectivity index (χ3v) is 3.67. The number of benzene rings is 2. The second-order valence-electron chi connectivity index (χ2n) is 6.13. The summed E-state index contributed by atoms with van der Waals surface area (Å²) in [6.07, 6.45) is 0.990. The molecule has 0 saturated heterocycles. The van der Waals surface area contributed by atoms with Crippen LogP contribution in [0.5, 0.6) is 5.75 Å². The molecule has 136 valence electrons. The van der Waals surface area contributed by atoms with E-state index in [0.717, 1.165) is 17.5 Å². The van der Waals surface area contributed by atoms with E-state index in [1.807, 2.05) is 50.2 Å². The molecule has 0 heterocycles. The second-order valence-corrected chi connectivity index (χ2v) is 6.13. The first-order valence-corrected chi connectivity index (χ1v) is 8.70. The average Bonchev–Trinajstić information content (AvgIpc) is 2.66. The van der Waals surface area contributed by atoms with Crippen LogP contribution in [0.25, 0.3) is 11.1 Å². The fourth-order valence-electron chi connectivity index (χ4n) is 2.30. The zero-order valence-corrected chi connectivity index (χ0v) is 15.2. The molecule has 5 nitrogen and oxygen atoms in total. The zero-order chi connectivity index (χ0) is 18.8. The number of ether oxygens (including phenoxy) is 2. The summed E-state index contributed by atoms with van der Waals surface area (Å²) in [4.78, 5) is 11.8. The van der Waals surface area contributed by atoms with Crippen LogP contribution in [0.1, 0.15) is 25.8 Å². The Morgan fingerprint density at radius 1 is 1.08 bits per heavy atom. The molecule has 0 aliphatic carbocycles. The minimum Gasteiger partial charge on any atom is -0.484 e. The molecule has 1 N–H and O–H groups in total. The van der Waals surface area contributed by atoms with E-state index >= 15 is 0 Å². The van der Waals surface area contributed by atoms with E-state index in [0.29, 0.717) is 24.5 Å². The van der Waals surface area contributed by atoms with Gasteiger partial charge >= 0.3 is 0 Å². The molecule has 0 atom stereocenters. The molecule has 0 aliphatic rings. The third-order valence-electron chi connectivity index (χ3n) is 3.67. The summed E-state index contributed by atoms with van der Waals surface area (Å²) >= 11 is 0. The van der Waals surface area contributed by atoms with E-state index in [9.17, 15) is 4.79 Å². The van der Waals surface area contributed by atoms with Gasteiger partial charge in [0, 0.05) is 13.2 Å². The van der Waals surface area contributed by atoms with Gasteiger partial charge in [-0.25, -0.2) is 0 Å². The van der Waals surface area contributed by atoms with E-state index in [-0.39, 0.29) is 18.6 Å². The van der Waals surface area contributed by atoms with Gasteiger partial charge in [-0.2, -0.15) is 5.26 Å². The van der Waals surface area contributed by atoms with Crippen LogP contribution in [0.15, 0.2) is 48.5 Å².